The first-order chi connectivity index (χ1) is 14.3. The fraction of sp³-hybridized carbons (Fsp3) is 0.500. The Kier molecular flexibility index (Phi) is 5.34. The van der Waals surface area contributed by atoms with Crippen LogP contribution in [-0.2, 0) is 4.74 Å². The lowest BCUT2D eigenvalue weighted by Crippen LogP contribution is -2.31. The lowest BCUT2D eigenvalue weighted by molar-refractivity contribution is -0.000873. The highest BCUT2D eigenvalue weighted by molar-refractivity contribution is 5.73. The van der Waals surface area contributed by atoms with Gasteiger partial charge >= 0.3 is 0 Å². The number of benzene rings is 1. The quantitative estimate of drug-likeness (QED) is 0.804. The maximum atomic E-state index is 11.0. The van der Waals surface area contributed by atoms with Crippen LogP contribution < -0.4 is 0 Å². The SMILES string of the molecule is OC(CC1c2ccccc2-c2cncn21)C1CCC(OCC2=CC=NCC2)CC1. The van der Waals surface area contributed by atoms with Crippen LogP contribution in [0.25, 0.3) is 11.3 Å². The zero-order valence-electron chi connectivity index (χ0n) is 16.8. The van der Waals surface area contributed by atoms with E-state index in [1.807, 2.05) is 18.7 Å². The van der Waals surface area contributed by atoms with Crippen molar-refractivity contribution >= 4 is 6.21 Å². The molecule has 3 aliphatic rings. The molecule has 5 rings (SSSR count). The minimum absolute atomic E-state index is 0.188. The van der Waals surface area contributed by atoms with E-state index in [0.717, 1.165) is 57.4 Å². The zero-order valence-corrected chi connectivity index (χ0v) is 16.8. The maximum Gasteiger partial charge on any atom is 0.0956 e. The van der Waals surface area contributed by atoms with Crippen molar-refractivity contribution < 1.29 is 9.84 Å². The molecule has 0 amide bonds. The molecule has 0 saturated heterocycles. The number of aliphatic imine (C=N–C) groups is 1. The van der Waals surface area contributed by atoms with E-state index in [9.17, 15) is 5.11 Å². The number of imidazole rings is 1. The predicted octanol–water partition coefficient (Wildman–Crippen LogP) is 4.18. The predicted molar refractivity (Wildman–Crippen MR) is 114 cm³/mol. The van der Waals surface area contributed by atoms with Crippen molar-refractivity contribution in [3.8, 4) is 11.3 Å². The van der Waals surface area contributed by atoms with Gasteiger partial charge in [-0.05, 0) is 61.7 Å². The number of aliphatic hydroxyl groups excluding tert-OH is 1. The highest BCUT2D eigenvalue weighted by Crippen LogP contribution is 2.42. The molecule has 1 saturated carbocycles. The molecule has 1 aliphatic carbocycles. The number of rotatable bonds is 6. The molecule has 0 spiro atoms. The highest BCUT2D eigenvalue weighted by Gasteiger charge is 2.33. The standard InChI is InChI=1S/C24H29N3O2/c28-24(13-22-20-3-1-2-4-21(20)23-14-26-16-27(22)23)18-5-7-19(8-6-18)29-15-17-9-11-25-12-10-17/h1-4,9,11,14,16,18-19,22,24,28H,5-8,10,12-13,15H2. The molecule has 1 aromatic heterocycles. The van der Waals surface area contributed by atoms with Gasteiger partial charge in [0.25, 0.3) is 0 Å². The monoisotopic (exact) mass is 391 g/mol. The average molecular weight is 392 g/mol. The van der Waals surface area contributed by atoms with Crippen molar-refractivity contribution in [1.82, 2.24) is 9.55 Å². The number of ether oxygens (including phenoxy) is 1. The van der Waals surface area contributed by atoms with Gasteiger partial charge in [0.2, 0.25) is 0 Å². The summed E-state index contributed by atoms with van der Waals surface area (Å²) in [6, 6.07) is 8.70. The molecule has 2 atom stereocenters. The fourth-order valence-electron chi connectivity index (χ4n) is 5.10. The van der Waals surface area contributed by atoms with E-state index in [2.05, 4.69) is 44.9 Å². The largest absolute Gasteiger partial charge is 0.393 e. The van der Waals surface area contributed by atoms with Crippen molar-refractivity contribution in [2.45, 2.75) is 56.8 Å². The van der Waals surface area contributed by atoms with Gasteiger partial charge < -0.3 is 14.4 Å². The van der Waals surface area contributed by atoms with Crippen molar-refractivity contribution in [2.75, 3.05) is 13.2 Å². The molecule has 0 radical (unpaired) electrons. The molecule has 152 valence electrons. The van der Waals surface area contributed by atoms with Crippen LogP contribution >= 0.6 is 0 Å². The summed E-state index contributed by atoms with van der Waals surface area (Å²) in [5.41, 5.74) is 5.07. The third-order valence-electron chi connectivity index (χ3n) is 6.81. The van der Waals surface area contributed by atoms with Gasteiger partial charge in [0.05, 0.1) is 43.1 Å². The van der Waals surface area contributed by atoms with Gasteiger partial charge in [-0.2, -0.15) is 0 Å². The molecule has 2 aromatic rings. The first-order valence-corrected chi connectivity index (χ1v) is 10.9. The summed E-state index contributed by atoms with van der Waals surface area (Å²) in [6.07, 6.45) is 13.8. The lowest BCUT2D eigenvalue weighted by Gasteiger charge is -2.33. The number of aliphatic hydroxyl groups is 1. The number of hydrogen-bond donors (Lipinski definition) is 1. The van der Waals surface area contributed by atoms with Crippen molar-refractivity contribution in [1.29, 1.82) is 0 Å². The van der Waals surface area contributed by atoms with Gasteiger partial charge in [-0.3, -0.25) is 4.99 Å². The normalized spacial score (nSPS) is 26.7. The first kappa shape index (κ1) is 18.8. The third-order valence-corrected chi connectivity index (χ3v) is 6.81. The topological polar surface area (TPSA) is 59.6 Å². The third kappa shape index (κ3) is 3.81. The Morgan fingerprint density at radius 3 is 2.86 bits per heavy atom. The van der Waals surface area contributed by atoms with Crippen LogP contribution in [0.4, 0.5) is 0 Å². The van der Waals surface area contributed by atoms with Crippen LogP contribution in [0.15, 0.2) is 53.4 Å². The highest BCUT2D eigenvalue weighted by atomic mass is 16.5. The number of allylic oxidation sites excluding steroid dienone is 1. The second-order valence-electron chi connectivity index (χ2n) is 8.57. The molecule has 1 N–H and O–H groups in total. The van der Waals surface area contributed by atoms with Crippen LogP contribution in [0, 0.1) is 5.92 Å². The van der Waals surface area contributed by atoms with Crippen molar-refractivity contribution in [3.05, 3.63) is 54.0 Å². The molecule has 2 unspecified atom stereocenters. The van der Waals surface area contributed by atoms with Gasteiger partial charge in [-0.15, -0.1) is 0 Å². The summed E-state index contributed by atoms with van der Waals surface area (Å²) < 4.78 is 8.37. The number of dihydropyridines is 1. The van der Waals surface area contributed by atoms with E-state index in [1.54, 1.807) is 0 Å². The van der Waals surface area contributed by atoms with Crippen LogP contribution in [0.1, 0.15) is 50.1 Å². The Morgan fingerprint density at radius 1 is 1.17 bits per heavy atom. The summed E-state index contributed by atoms with van der Waals surface area (Å²) in [5.74, 6) is 0.357. The van der Waals surface area contributed by atoms with E-state index >= 15 is 0 Å². The van der Waals surface area contributed by atoms with Gasteiger partial charge in [0, 0.05) is 18.3 Å². The van der Waals surface area contributed by atoms with Crippen LogP contribution in [-0.4, -0.2) is 46.2 Å². The Balaban J connectivity index is 1.16. The second-order valence-corrected chi connectivity index (χ2v) is 8.57. The minimum atomic E-state index is -0.292. The van der Waals surface area contributed by atoms with Gasteiger partial charge in [0.1, 0.15) is 0 Å². The first-order valence-electron chi connectivity index (χ1n) is 10.9. The molecular weight excluding hydrogens is 362 g/mol. The number of nitrogens with zero attached hydrogens (tertiary/aromatic N) is 3. The Labute approximate surface area is 172 Å². The molecule has 1 fully saturated rings. The summed E-state index contributed by atoms with van der Waals surface area (Å²) in [5, 5.41) is 11.0. The van der Waals surface area contributed by atoms with Crippen LogP contribution in [0.3, 0.4) is 0 Å². The van der Waals surface area contributed by atoms with Crippen molar-refractivity contribution in [2.24, 2.45) is 10.9 Å². The molecular formula is C24H29N3O2. The van der Waals surface area contributed by atoms with Gasteiger partial charge in [0.15, 0.2) is 0 Å². The molecule has 0 bridgehead atoms. The van der Waals surface area contributed by atoms with Gasteiger partial charge in [-0.1, -0.05) is 24.3 Å². The Morgan fingerprint density at radius 2 is 2.03 bits per heavy atom. The Bertz CT molecular complexity index is 908. The van der Waals surface area contributed by atoms with Gasteiger partial charge in [-0.25, -0.2) is 4.98 Å². The minimum Gasteiger partial charge on any atom is -0.393 e. The summed E-state index contributed by atoms with van der Waals surface area (Å²) in [7, 11) is 0. The molecule has 3 heterocycles. The number of aromatic nitrogens is 2. The molecule has 2 aliphatic heterocycles. The summed E-state index contributed by atoms with van der Waals surface area (Å²) in [4.78, 5) is 8.56. The Hall–Kier alpha value is -2.24. The lowest BCUT2D eigenvalue weighted by atomic mass is 9.81. The summed E-state index contributed by atoms with van der Waals surface area (Å²) >= 11 is 0. The van der Waals surface area contributed by atoms with E-state index in [0.29, 0.717) is 12.0 Å². The van der Waals surface area contributed by atoms with Crippen LogP contribution in [0.5, 0.6) is 0 Å². The summed E-state index contributed by atoms with van der Waals surface area (Å²) in [6.45, 7) is 1.61. The molecule has 29 heavy (non-hydrogen) atoms. The van der Waals surface area contributed by atoms with Crippen LogP contribution in [0.2, 0.25) is 0 Å². The van der Waals surface area contributed by atoms with Crippen molar-refractivity contribution in [3.63, 3.8) is 0 Å². The van der Waals surface area contributed by atoms with E-state index < -0.39 is 0 Å². The maximum absolute atomic E-state index is 11.0. The zero-order chi connectivity index (χ0) is 19.6. The van der Waals surface area contributed by atoms with E-state index in [-0.39, 0.29) is 12.1 Å². The second kappa shape index (κ2) is 8.25. The smallest absolute Gasteiger partial charge is 0.0956 e. The van der Waals surface area contributed by atoms with E-state index in [4.69, 9.17) is 4.74 Å². The van der Waals surface area contributed by atoms with E-state index in [1.165, 1.54) is 16.7 Å². The molecule has 5 heteroatoms. The number of fused-ring (bicyclic) bond motifs is 3. The average Bonchev–Trinajstić information content (AvgIpc) is 3.36. The molecule has 1 aromatic carbocycles. The fourth-order valence-corrected chi connectivity index (χ4v) is 5.10. The number of hydrogen-bond acceptors (Lipinski definition) is 4. The molecule has 5 nitrogen and oxygen atoms in total.